The van der Waals surface area contributed by atoms with Crippen LogP contribution < -0.4 is 11.1 Å². The van der Waals surface area contributed by atoms with E-state index in [4.69, 9.17) is 27.2 Å². The highest BCUT2D eigenvalue weighted by atomic mass is 35.5. The fourth-order valence-electron chi connectivity index (χ4n) is 3.59. The first-order chi connectivity index (χ1) is 18.2. The molecule has 16 heteroatoms. The average molecular weight is 615 g/mol. The van der Waals surface area contributed by atoms with E-state index in [1.165, 1.54) is 32.2 Å². The Kier molecular flexibility index (Phi) is 9.83. The van der Waals surface area contributed by atoms with E-state index < -0.39 is 57.2 Å². The number of benzene rings is 1. The number of alkyl halides is 4. The number of hydrogen-bond donors (Lipinski definition) is 5. The molecule has 222 valence electrons. The number of nitrogens with one attached hydrogen (secondary N) is 1. The number of pyridine rings is 1. The highest BCUT2D eigenvalue weighted by molar-refractivity contribution is 8.26. The van der Waals surface area contributed by atoms with E-state index in [-0.39, 0.29) is 28.7 Å². The van der Waals surface area contributed by atoms with Crippen molar-refractivity contribution in [1.82, 2.24) is 4.98 Å². The van der Waals surface area contributed by atoms with Crippen LogP contribution in [0.25, 0.3) is 0 Å². The summed E-state index contributed by atoms with van der Waals surface area (Å²) in [4.78, 5) is 30.1. The van der Waals surface area contributed by atoms with Crippen LogP contribution in [-0.2, 0) is 10.3 Å². The molecule has 9 nitrogen and oxygen atoms in total. The number of carboxylic acids is 1. The summed E-state index contributed by atoms with van der Waals surface area (Å²) in [7, 11) is -3.47. The predicted octanol–water partition coefficient (Wildman–Crippen LogP) is 5.95. The summed E-state index contributed by atoms with van der Waals surface area (Å²) in [6, 6.07) is 5.24. The minimum absolute atomic E-state index is 0.0383. The van der Waals surface area contributed by atoms with Gasteiger partial charge in [-0.15, -0.1) is 0 Å². The van der Waals surface area contributed by atoms with Crippen LogP contribution >= 0.6 is 22.2 Å². The van der Waals surface area contributed by atoms with Crippen LogP contribution in [0.1, 0.15) is 55.2 Å². The lowest BCUT2D eigenvalue weighted by Gasteiger charge is -2.53. The Balaban J connectivity index is 0.000000708. The second-order valence-electron chi connectivity index (χ2n) is 9.68. The third-order valence-corrected chi connectivity index (χ3v) is 9.05. The van der Waals surface area contributed by atoms with Gasteiger partial charge in [-0.25, -0.2) is 18.6 Å². The number of aliphatic imine (C=N–C) groups is 1. The number of aromatic nitrogens is 1. The number of aliphatic carboxylic acids is 1. The van der Waals surface area contributed by atoms with Gasteiger partial charge in [0, 0.05) is 17.4 Å². The minimum Gasteiger partial charge on any atom is -0.475 e. The lowest BCUT2D eigenvalue weighted by atomic mass is 9.91. The molecular formula is C24H28ClF5N4O5S. The Morgan fingerprint density at radius 1 is 1.23 bits per heavy atom. The van der Waals surface area contributed by atoms with Crippen molar-refractivity contribution in [2.24, 2.45) is 10.7 Å². The van der Waals surface area contributed by atoms with E-state index in [1.54, 1.807) is 6.07 Å². The molecule has 0 radical (unpaired) electrons. The molecule has 0 saturated heterocycles. The zero-order valence-corrected chi connectivity index (χ0v) is 23.3. The van der Waals surface area contributed by atoms with Crippen molar-refractivity contribution in [2.45, 2.75) is 50.1 Å². The summed E-state index contributed by atoms with van der Waals surface area (Å²) in [5.41, 5.74) is 4.71. The number of carboxylic acid groups (broad SMARTS) is 1. The molecule has 3 rings (SSSR count). The summed E-state index contributed by atoms with van der Waals surface area (Å²) in [6.45, 7) is 5.53. The van der Waals surface area contributed by atoms with Gasteiger partial charge >= 0.3 is 12.1 Å². The molecule has 1 aliphatic heterocycles. The highest BCUT2D eigenvalue weighted by Gasteiger charge is 2.51. The van der Waals surface area contributed by atoms with Gasteiger partial charge in [0.15, 0.2) is 0 Å². The second-order valence-corrected chi connectivity index (χ2v) is 12.8. The molecule has 1 aromatic carbocycles. The van der Waals surface area contributed by atoms with Gasteiger partial charge in [0.2, 0.25) is 0 Å². The summed E-state index contributed by atoms with van der Waals surface area (Å²) in [6.07, 6.45) is -3.73. The third-order valence-electron chi connectivity index (χ3n) is 6.12. The summed E-state index contributed by atoms with van der Waals surface area (Å²) in [5, 5.41) is 10.2. The Morgan fingerprint density at radius 2 is 1.80 bits per heavy atom. The number of nitrogens with two attached hydrogens (primary N) is 1. The second kappa shape index (κ2) is 11.8. The molecule has 2 heterocycles. The zero-order valence-electron chi connectivity index (χ0n) is 21.7. The van der Waals surface area contributed by atoms with Gasteiger partial charge in [0.1, 0.15) is 34.3 Å². The Labute approximate surface area is 233 Å². The molecule has 6 N–H and O–H groups in total. The van der Waals surface area contributed by atoms with Gasteiger partial charge in [-0.3, -0.25) is 18.9 Å². The van der Waals surface area contributed by atoms with Crippen LogP contribution in [-0.4, -0.2) is 60.3 Å². The number of rotatable bonds is 5. The normalized spacial score (nSPS) is 20.6. The molecule has 1 aliphatic rings. The first kappa shape index (κ1) is 33.2. The van der Waals surface area contributed by atoms with Crippen molar-refractivity contribution in [1.29, 1.82) is 0 Å². The topological polar surface area (TPSA) is 158 Å². The summed E-state index contributed by atoms with van der Waals surface area (Å²) in [5.74, 6) is -4.90. The Morgan fingerprint density at radius 3 is 2.27 bits per heavy atom. The Bertz CT molecular complexity index is 1320. The molecule has 0 fully saturated rings. The van der Waals surface area contributed by atoms with Crippen LogP contribution in [0.4, 0.5) is 27.6 Å². The molecule has 40 heavy (non-hydrogen) atoms. The first-order valence-electron chi connectivity index (χ1n) is 11.4. The summed E-state index contributed by atoms with van der Waals surface area (Å²) < 4.78 is 81.0. The van der Waals surface area contributed by atoms with Crippen LogP contribution in [0, 0.1) is 5.82 Å². The molecule has 0 aliphatic carbocycles. The quantitative estimate of drug-likeness (QED) is 0.260. The van der Waals surface area contributed by atoms with Crippen LogP contribution in [0.15, 0.2) is 35.5 Å². The molecule has 1 aromatic heterocycles. The van der Waals surface area contributed by atoms with Crippen molar-refractivity contribution in [3.63, 3.8) is 0 Å². The molecule has 0 spiro atoms. The van der Waals surface area contributed by atoms with Crippen molar-refractivity contribution in [3.8, 4) is 0 Å². The fourth-order valence-corrected chi connectivity index (χ4v) is 5.46. The maximum absolute atomic E-state index is 14.9. The molecule has 0 saturated carbocycles. The molecule has 1 amide bonds. The van der Waals surface area contributed by atoms with Crippen molar-refractivity contribution < 1.29 is 45.8 Å². The SMILES string of the molecule is CC(C)c1cc(Cl)cnc1C(=O)Nc1ccc(F)c(C2(CF)CS(O)(O)C(C)(C)C(N)=N2)c1.O=C(O)C(F)(F)F. The smallest absolute Gasteiger partial charge is 0.475 e. The number of anilines is 1. The van der Waals surface area contributed by atoms with E-state index in [0.29, 0.717) is 10.6 Å². The average Bonchev–Trinajstić information content (AvgIpc) is 2.83. The van der Waals surface area contributed by atoms with Crippen molar-refractivity contribution in [3.05, 3.63) is 58.1 Å². The van der Waals surface area contributed by atoms with E-state index in [1.807, 2.05) is 13.8 Å². The number of halogens is 6. The molecular weight excluding hydrogens is 587 g/mol. The van der Waals surface area contributed by atoms with Crippen LogP contribution in [0.5, 0.6) is 0 Å². The largest absolute Gasteiger partial charge is 0.490 e. The van der Waals surface area contributed by atoms with E-state index in [0.717, 1.165) is 6.07 Å². The van der Waals surface area contributed by atoms with Crippen LogP contribution in [0.3, 0.4) is 0 Å². The van der Waals surface area contributed by atoms with Gasteiger partial charge in [-0.05, 0) is 49.6 Å². The lowest BCUT2D eigenvalue weighted by Crippen LogP contribution is -2.53. The number of carbonyl (C=O) groups excluding carboxylic acids is 1. The predicted molar refractivity (Wildman–Crippen MR) is 142 cm³/mol. The van der Waals surface area contributed by atoms with Crippen LogP contribution in [0.2, 0.25) is 5.02 Å². The third kappa shape index (κ3) is 7.00. The minimum atomic E-state index is -5.08. The maximum Gasteiger partial charge on any atom is 0.490 e. The maximum atomic E-state index is 14.9. The zero-order chi connectivity index (χ0) is 30.8. The molecule has 2 aromatic rings. The molecule has 1 unspecified atom stereocenters. The number of amides is 1. The van der Waals surface area contributed by atoms with Gasteiger partial charge < -0.3 is 16.2 Å². The van der Waals surface area contributed by atoms with E-state index in [9.17, 15) is 35.9 Å². The van der Waals surface area contributed by atoms with Gasteiger partial charge in [0.05, 0.1) is 10.8 Å². The monoisotopic (exact) mass is 614 g/mol. The number of carbonyl (C=O) groups is 2. The lowest BCUT2D eigenvalue weighted by molar-refractivity contribution is -0.192. The summed E-state index contributed by atoms with van der Waals surface area (Å²) >= 11 is 6.00. The number of amidine groups is 1. The Hall–Kier alpha value is -3.01. The first-order valence-corrected chi connectivity index (χ1v) is 13.5. The number of nitrogens with zero attached hydrogens (tertiary/aromatic N) is 2. The van der Waals surface area contributed by atoms with Gasteiger partial charge in [-0.1, -0.05) is 25.4 Å². The number of hydrogen-bond acceptors (Lipinski definition) is 7. The standard InChI is InChI=1S/C22H27ClF2N4O3S.C2HF3O2/c1-12(2)15-7-13(23)9-27-18(15)19(30)28-14-5-6-17(25)16(8-14)22(10-24)11-33(31,32)21(3,4)20(26)29-22;3-2(4,5)1(6)7/h5-9,12,31-32H,10-11H2,1-4H3,(H2,26,29)(H,28,30);(H,6,7). The fraction of sp³-hybridized carbons (Fsp3) is 0.417. The van der Waals surface area contributed by atoms with Crippen molar-refractivity contribution >= 4 is 45.6 Å². The van der Waals surface area contributed by atoms with E-state index in [2.05, 4.69) is 15.3 Å². The molecule has 0 bridgehead atoms. The highest BCUT2D eigenvalue weighted by Crippen LogP contribution is 2.59. The van der Waals surface area contributed by atoms with Gasteiger partial charge in [-0.2, -0.15) is 23.8 Å². The van der Waals surface area contributed by atoms with Gasteiger partial charge in [0.25, 0.3) is 5.91 Å². The van der Waals surface area contributed by atoms with Crippen molar-refractivity contribution in [2.75, 3.05) is 17.7 Å². The molecule has 1 atom stereocenters. The van der Waals surface area contributed by atoms with E-state index >= 15 is 0 Å².